The number of thioether (sulfide) groups is 1. The second-order valence-electron chi connectivity index (χ2n) is 2.23. The van der Waals surface area contributed by atoms with E-state index >= 15 is 0 Å². The zero-order valence-corrected chi connectivity index (χ0v) is 7.39. The third-order valence-corrected chi connectivity index (χ3v) is 2.98. The Hall–Kier alpha value is 0.240. The van der Waals surface area contributed by atoms with E-state index in [2.05, 4.69) is 18.7 Å². The average Bonchev–Trinajstić information content (AvgIpc) is 2.10. The van der Waals surface area contributed by atoms with Crippen molar-refractivity contribution in [3.63, 3.8) is 0 Å². The Morgan fingerprint density at radius 2 is 2.56 bits per heavy atom. The van der Waals surface area contributed by atoms with Gasteiger partial charge in [-0.1, -0.05) is 30.9 Å². The Morgan fingerprint density at radius 3 is 2.78 bits per heavy atom. The number of thiocarbonyl (C=S) groups is 1. The SMILES string of the molecule is CCN1CC(C)SC1=S. The van der Waals surface area contributed by atoms with Crippen molar-refractivity contribution in [3.05, 3.63) is 0 Å². The van der Waals surface area contributed by atoms with Crippen molar-refractivity contribution in [2.24, 2.45) is 0 Å². The summed E-state index contributed by atoms with van der Waals surface area (Å²) < 4.78 is 1.07. The first-order chi connectivity index (χ1) is 4.24. The van der Waals surface area contributed by atoms with Crippen LogP contribution in [0.15, 0.2) is 0 Å². The number of hydrogen-bond acceptors (Lipinski definition) is 2. The normalized spacial score (nSPS) is 27.6. The van der Waals surface area contributed by atoms with Gasteiger partial charge in [0.05, 0.1) is 0 Å². The molecule has 9 heavy (non-hydrogen) atoms. The van der Waals surface area contributed by atoms with Gasteiger partial charge >= 0.3 is 0 Å². The summed E-state index contributed by atoms with van der Waals surface area (Å²) in [5, 5.41) is 0.706. The van der Waals surface area contributed by atoms with Crippen LogP contribution in [0.3, 0.4) is 0 Å². The summed E-state index contributed by atoms with van der Waals surface area (Å²) in [5.74, 6) is 0. The Kier molecular flexibility index (Phi) is 2.35. The Labute approximate surface area is 65.8 Å². The molecule has 1 unspecified atom stereocenters. The van der Waals surface area contributed by atoms with Crippen LogP contribution in [0.25, 0.3) is 0 Å². The van der Waals surface area contributed by atoms with E-state index in [0.29, 0.717) is 5.25 Å². The predicted octanol–water partition coefficient (Wildman–Crippen LogP) is 1.73. The topological polar surface area (TPSA) is 3.24 Å². The average molecular weight is 161 g/mol. The van der Waals surface area contributed by atoms with Gasteiger partial charge in [-0.25, -0.2) is 0 Å². The predicted molar refractivity (Wildman–Crippen MR) is 46.9 cm³/mol. The van der Waals surface area contributed by atoms with Crippen LogP contribution in [0.5, 0.6) is 0 Å². The van der Waals surface area contributed by atoms with E-state index in [0.717, 1.165) is 17.4 Å². The smallest absolute Gasteiger partial charge is 0.136 e. The molecule has 1 aliphatic heterocycles. The number of nitrogens with zero attached hydrogens (tertiary/aromatic N) is 1. The van der Waals surface area contributed by atoms with E-state index in [-0.39, 0.29) is 0 Å². The fourth-order valence-electron chi connectivity index (χ4n) is 0.927. The molecule has 0 amide bonds. The Morgan fingerprint density at radius 1 is 1.89 bits per heavy atom. The molecule has 0 aromatic carbocycles. The minimum Gasteiger partial charge on any atom is -0.357 e. The van der Waals surface area contributed by atoms with Gasteiger partial charge in [-0.2, -0.15) is 0 Å². The Balaban J connectivity index is 2.48. The van der Waals surface area contributed by atoms with Crippen LogP contribution in [0.4, 0.5) is 0 Å². The molecule has 1 rings (SSSR count). The molecule has 1 fully saturated rings. The number of hydrogen-bond donors (Lipinski definition) is 0. The van der Waals surface area contributed by atoms with Gasteiger partial charge in [-0.15, -0.1) is 0 Å². The standard InChI is InChI=1S/C6H11NS2/c1-3-7-4-5(2)9-6(7)8/h5H,3-4H2,1-2H3. The highest BCUT2D eigenvalue weighted by atomic mass is 32.2. The first kappa shape index (κ1) is 7.35. The Bertz CT molecular complexity index is 124. The van der Waals surface area contributed by atoms with Crippen molar-refractivity contribution in [2.45, 2.75) is 19.1 Å². The van der Waals surface area contributed by atoms with Crippen LogP contribution in [0.1, 0.15) is 13.8 Å². The lowest BCUT2D eigenvalue weighted by Crippen LogP contribution is -2.23. The lowest BCUT2D eigenvalue weighted by molar-refractivity contribution is 0.472. The van der Waals surface area contributed by atoms with Crippen molar-refractivity contribution in [1.29, 1.82) is 0 Å². The van der Waals surface area contributed by atoms with Gasteiger partial charge in [-0.3, -0.25) is 0 Å². The second kappa shape index (κ2) is 2.88. The summed E-state index contributed by atoms with van der Waals surface area (Å²) in [5.41, 5.74) is 0. The molecular formula is C6H11NS2. The quantitative estimate of drug-likeness (QED) is 0.539. The zero-order valence-electron chi connectivity index (χ0n) is 5.76. The second-order valence-corrected chi connectivity index (χ2v) is 4.31. The highest BCUT2D eigenvalue weighted by molar-refractivity contribution is 8.23. The zero-order chi connectivity index (χ0) is 6.85. The summed E-state index contributed by atoms with van der Waals surface area (Å²) >= 11 is 6.92. The molecule has 1 heterocycles. The summed E-state index contributed by atoms with van der Waals surface area (Å²) in [6, 6.07) is 0. The van der Waals surface area contributed by atoms with Crippen LogP contribution >= 0.6 is 24.0 Å². The van der Waals surface area contributed by atoms with Gasteiger partial charge in [0.25, 0.3) is 0 Å². The first-order valence-corrected chi connectivity index (χ1v) is 4.48. The maximum Gasteiger partial charge on any atom is 0.136 e. The van der Waals surface area contributed by atoms with Crippen LogP contribution in [0.2, 0.25) is 0 Å². The lowest BCUT2D eigenvalue weighted by Gasteiger charge is -2.12. The van der Waals surface area contributed by atoms with Gasteiger partial charge in [0.2, 0.25) is 0 Å². The largest absolute Gasteiger partial charge is 0.357 e. The molecule has 1 aliphatic rings. The van der Waals surface area contributed by atoms with Crippen LogP contribution in [-0.2, 0) is 0 Å². The maximum atomic E-state index is 5.11. The van der Waals surface area contributed by atoms with Gasteiger partial charge in [-0.05, 0) is 6.92 Å². The van der Waals surface area contributed by atoms with E-state index in [1.54, 1.807) is 0 Å². The molecule has 1 atom stereocenters. The van der Waals surface area contributed by atoms with Crippen LogP contribution < -0.4 is 0 Å². The molecule has 3 heteroatoms. The molecule has 1 saturated heterocycles. The van der Waals surface area contributed by atoms with E-state index < -0.39 is 0 Å². The van der Waals surface area contributed by atoms with Crippen LogP contribution in [-0.4, -0.2) is 27.6 Å². The maximum absolute atomic E-state index is 5.11. The summed E-state index contributed by atoms with van der Waals surface area (Å²) in [6.07, 6.45) is 0. The fourth-order valence-corrected chi connectivity index (χ4v) is 2.57. The molecule has 0 N–H and O–H groups in total. The molecule has 0 saturated carbocycles. The van der Waals surface area contributed by atoms with E-state index in [4.69, 9.17) is 12.2 Å². The summed E-state index contributed by atoms with van der Waals surface area (Å²) in [4.78, 5) is 2.24. The molecule has 0 spiro atoms. The van der Waals surface area contributed by atoms with E-state index in [1.807, 2.05) is 11.8 Å². The molecule has 0 aromatic heterocycles. The van der Waals surface area contributed by atoms with Gasteiger partial charge in [0.15, 0.2) is 0 Å². The molecule has 0 aromatic rings. The highest BCUT2D eigenvalue weighted by Gasteiger charge is 2.21. The molecule has 0 bridgehead atoms. The van der Waals surface area contributed by atoms with Gasteiger partial charge in [0.1, 0.15) is 4.32 Å². The van der Waals surface area contributed by atoms with E-state index in [1.165, 1.54) is 0 Å². The molecule has 52 valence electrons. The fraction of sp³-hybridized carbons (Fsp3) is 0.833. The minimum atomic E-state index is 0.706. The molecule has 1 nitrogen and oxygen atoms in total. The highest BCUT2D eigenvalue weighted by Crippen LogP contribution is 2.24. The molecular weight excluding hydrogens is 150 g/mol. The summed E-state index contributed by atoms with van der Waals surface area (Å²) in [7, 11) is 0. The van der Waals surface area contributed by atoms with Crippen LogP contribution in [0, 0.1) is 0 Å². The van der Waals surface area contributed by atoms with Crippen molar-refractivity contribution in [1.82, 2.24) is 4.90 Å². The monoisotopic (exact) mass is 161 g/mol. The van der Waals surface area contributed by atoms with Crippen molar-refractivity contribution in [3.8, 4) is 0 Å². The minimum absolute atomic E-state index is 0.706. The third kappa shape index (κ3) is 1.58. The third-order valence-electron chi connectivity index (χ3n) is 1.42. The molecule has 0 aliphatic carbocycles. The number of rotatable bonds is 1. The van der Waals surface area contributed by atoms with Crippen molar-refractivity contribution in [2.75, 3.05) is 13.1 Å². The molecule has 0 radical (unpaired) electrons. The summed E-state index contributed by atoms with van der Waals surface area (Å²) in [6.45, 7) is 6.56. The van der Waals surface area contributed by atoms with Gasteiger partial charge in [0, 0.05) is 18.3 Å². The lowest BCUT2D eigenvalue weighted by atomic mass is 10.4. The first-order valence-electron chi connectivity index (χ1n) is 3.19. The van der Waals surface area contributed by atoms with Crippen molar-refractivity contribution < 1.29 is 0 Å². The van der Waals surface area contributed by atoms with Gasteiger partial charge < -0.3 is 4.90 Å². The van der Waals surface area contributed by atoms with E-state index in [9.17, 15) is 0 Å². The van der Waals surface area contributed by atoms with Crippen molar-refractivity contribution >= 4 is 28.3 Å².